The van der Waals surface area contributed by atoms with E-state index in [1.807, 2.05) is 13.8 Å². The molecule has 1 N–H and O–H groups in total. The number of ether oxygens (including phenoxy) is 1. The maximum atomic E-state index is 11.5. The van der Waals surface area contributed by atoms with Gasteiger partial charge < -0.3 is 10.1 Å². The molecule has 0 aromatic carbocycles. The largest absolute Gasteiger partial charge is 0.383 e. The molecule has 5 heteroatoms. The number of carbonyl (C=O) groups excluding carboxylic acids is 1. The molecular weight excluding hydrogens is 200 g/mol. The third-order valence-corrected chi connectivity index (χ3v) is 2.89. The fourth-order valence-corrected chi connectivity index (χ4v) is 1.74. The van der Waals surface area contributed by atoms with Crippen molar-refractivity contribution in [1.82, 2.24) is 10.3 Å². The van der Waals surface area contributed by atoms with Crippen LogP contribution >= 0.6 is 11.3 Å². The minimum atomic E-state index is -0.122. The van der Waals surface area contributed by atoms with Crippen LogP contribution in [-0.4, -0.2) is 31.2 Å². The van der Waals surface area contributed by atoms with E-state index in [0.717, 1.165) is 10.6 Å². The van der Waals surface area contributed by atoms with Crippen LogP contribution in [0.4, 0.5) is 0 Å². The SMILES string of the molecule is COCCNC(=O)c1nc(C)c(C)s1. The van der Waals surface area contributed by atoms with Crippen LogP contribution in [0.5, 0.6) is 0 Å². The Morgan fingerprint density at radius 3 is 2.79 bits per heavy atom. The maximum Gasteiger partial charge on any atom is 0.280 e. The molecule has 14 heavy (non-hydrogen) atoms. The number of thiazole rings is 1. The molecule has 0 unspecified atom stereocenters. The van der Waals surface area contributed by atoms with E-state index >= 15 is 0 Å². The van der Waals surface area contributed by atoms with Crippen LogP contribution in [0.2, 0.25) is 0 Å². The highest BCUT2D eigenvalue weighted by atomic mass is 32.1. The molecule has 0 fully saturated rings. The molecule has 0 aliphatic rings. The molecule has 1 heterocycles. The molecule has 0 spiro atoms. The number of nitrogens with one attached hydrogen (secondary N) is 1. The van der Waals surface area contributed by atoms with Gasteiger partial charge in [0.15, 0.2) is 5.01 Å². The predicted octanol–water partition coefficient (Wildman–Crippen LogP) is 1.14. The van der Waals surface area contributed by atoms with E-state index in [4.69, 9.17) is 4.74 Å². The molecule has 4 nitrogen and oxygen atoms in total. The van der Waals surface area contributed by atoms with Crippen LogP contribution in [0.1, 0.15) is 20.4 Å². The van der Waals surface area contributed by atoms with Crippen molar-refractivity contribution in [2.75, 3.05) is 20.3 Å². The number of amides is 1. The van der Waals surface area contributed by atoms with Crippen molar-refractivity contribution >= 4 is 17.2 Å². The Morgan fingerprint density at radius 1 is 1.57 bits per heavy atom. The first-order chi connectivity index (χ1) is 6.65. The van der Waals surface area contributed by atoms with Gasteiger partial charge in [-0.1, -0.05) is 0 Å². The van der Waals surface area contributed by atoms with Gasteiger partial charge in [0.2, 0.25) is 0 Å². The standard InChI is InChI=1S/C9H14N2O2S/c1-6-7(2)14-9(11-6)8(12)10-4-5-13-3/h4-5H2,1-3H3,(H,10,12). The first-order valence-electron chi connectivity index (χ1n) is 4.36. The minimum absolute atomic E-state index is 0.122. The van der Waals surface area contributed by atoms with Crippen molar-refractivity contribution in [3.63, 3.8) is 0 Å². The van der Waals surface area contributed by atoms with Gasteiger partial charge in [-0.15, -0.1) is 11.3 Å². The number of carbonyl (C=O) groups is 1. The summed E-state index contributed by atoms with van der Waals surface area (Å²) in [6.07, 6.45) is 0. The van der Waals surface area contributed by atoms with E-state index in [1.54, 1.807) is 7.11 Å². The highest BCUT2D eigenvalue weighted by Gasteiger charge is 2.11. The van der Waals surface area contributed by atoms with Crippen LogP contribution in [0.25, 0.3) is 0 Å². The smallest absolute Gasteiger partial charge is 0.280 e. The summed E-state index contributed by atoms with van der Waals surface area (Å²) in [5.74, 6) is -0.122. The van der Waals surface area contributed by atoms with E-state index < -0.39 is 0 Å². The fourth-order valence-electron chi connectivity index (χ4n) is 0.912. The normalized spacial score (nSPS) is 10.2. The topological polar surface area (TPSA) is 51.2 Å². The van der Waals surface area contributed by atoms with Gasteiger partial charge in [-0.2, -0.15) is 0 Å². The number of aryl methyl sites for hydroxylation is 2. The molecule has 1 aromatic heterocycles. The first-order valence-corrected chi connectivity index (χ1v) is 5.18. The maximum absolute atomic E-state index is 11.5. The monoisotopic (exact) mass is 214 g/mol. The van der Waals surface area contributed by atoms with Gasteiger partial charge in [0.05, 0.1) is 12.3 Å². The Kier molecular flexibility index (Phi) is 4.03. The predicted molar refractivity (Wildman–Crippen MR) is 55.8 cm³/mol. The molecular formula is C9H14N2O2S. The minimum Gasteiger partial charge on any atom is -0.383 e. The zero-order chi connectivity index (χ0) is 10.6. The van der Waals surface area contributed by atoms with E-state index in [-0.39, 0.29) is 5.91 Å². The van der Waals surface area contributed by atoms with Crippen molar-refractivity contribution < 1.29 is 9.53 Å². The van der Waals surface area contributed by atoms with Crippen LogP contribution in [0, 0.1) is 13.8 Å². The summed E-state index contributed by atoms with van der Waals surface area (Å²) < 4.78 is 4.83. The second-order valence-electron chi connectivity index (χ2n) is 2.91. The molecule has 1 aromatic rings. The first kappa shape index (κ1) is 11.1. The summed E-state index contributed by atoms with van der Waals surface area (Å²) in [5.41, 5.74) is 0.923. The second kappa shape index (κ2) is 5.07. The number of methoxy groups -OCH3 is 1. The molecule has 0 aliphatic heterocycles. The van der Waals surface area contributed by atoms with Gasteiger partial charge in [0.25, 0.3) is 5.91 Å². The summed E-state index contributed by atoms with van der Waals surface area (Å²) in [5, 5.41) is 3.25. The lowest BCUT2D eigenvalue weighted by Gasteiger charge is -2.00. The van der Waals surface area contributed by atoms with E-state index in [1.165, 1.54) is 11.3 Å². The third kappa shape index (κ3) is 2.78. The quantitative estimate of drug-likeness (QED) is 0.765. The molecule has 0 saturated heterocycles. The van der Waals surface area contributed by atoms with Crippen molar-refractivity contribution in [3.05, 3.63) is 15.6 Å². The lowest BCUT2D eigenvalue weighted by Crippen LogP contribution is -2.26. The van der Waals surface area contributed by atoms with Gasteiger partial charge >= 0.3 is 0 Å². The van der Waals surface area contributed by atoms with Crippen LogP contribution in [0.3, 0.4) is 0 Å². The zero-order valence-electron chi connectivity index (χ0n) is 8.59. The molecule has 0 bridgehead atoms. The summed E-state index contributed by atoms with van der Waals surface area (Å²) >= 11 is 1.42. The molecule has 0 radical (unpaired) electrons. The molecule has 0 aliphatic carbocycles. The summed E-state index contributed by atoms with van der Waals surface area (Å²) in [4.78, 5) is 16.7. The summed E-state index contributed by atoms with van der Waals surface area (Å²) in [6.45, 7) is 4.90. The van der Waals surface area contributed by atoms with Gasteiger partial charge in [0.1, 0.15) is 0 Å². The average molecular weight is 214 g/mol. The van der Waals surface area contributed by atoms with Crippen LogP contribution in [-0.2, 0) is 4.74 Å². The number of aromatic nitrogens is 1. The Hall–Kier alpha value is -0.940. The third-order valence-electron chi connectivity index (χ3n) is 1.81. The zero-order valence-corrected chi connectivity index (χ0v) is 9.40. The van der Waals surface area contributed by atoms with Gasteiger partial charge in [-0.25, -0.2) is 4.98 Å². The van der Waals surface area contributed by atoms with Crippen molar-refractivity contribution in [2.45, 2.75) is 13.8 Å². The fraction of sp³-hybridized carbons (Fsp3) is 0.556. The summed E-state index contributed by atoms with van der Waals surface area (Å²) in [6, 6.07) is 0. The molecule has 0 saturated carbocycles. The van der Waals surface area contributed by atoms with Gasteiger partial charge in [0, 0.05) is 18.5 Å². The number of rotatable bonds is 4. The Bertz CT molecular complexity index is 303. The van der Waals surface area contributed by atoms with Crippen molar-refractivity contribution in [3.8, 4) is 0 Å². The summed E-state index contributed by atoms with van der Waals surface area (Å²) in [7, 11) is 1.60. The molecule has 78 valence electrons. The molecule has 1 amide bonds. The van der Waals surface area contributed by atoms with Gasteiger partial charge in [-0.05, 0) is 13.8 Å². The van der Waals surface area contributed by atoms with Crippen molar-refractivity contribution in [1.29, 1.82) is 0 Å². The number of nitrogens with zero attached hydrogens (tertiary/aromatic N) is 1. The highest BCUT2D eigenvalue weighted by Crippen LogP contribution is 2.15. The number of hydrogen-bond donors (Lipinski definition) is 1. The average Bonchev–Trinajstić information content (AvgIpc) is 2.47. The lowest BCUT2D eigenvalue weighted by atomic mass is 10.4. The van der Waals surface area contributed by atoms with E-state index in [9.17, 15) is 4.79 Å². The molecule has 0 atom stereocenters. The van der Waals surface area contributed by atoms with Crippen LogP contribution < -0.4 is 5.32 Å². The van der Waals surface area contributed by atoms with Gasteiger partial charge in [-0.3, -0.25) is 4.79 Å². The molecule has 1 rings (SSSR count). The number of hydrogen-bond acceptors (Lipinski definition) is 4. The Labute approximate surface area is 87.3 Å². The van der Waals surface area contributed by atoms with Crippen LogP contribution in [0.15, 0.2) is 0 Å². The lowest BCUT2D eigenvalue weighted by molar-refractivity contribution is 0.0936. The second-order valence-corrected chi connectivity index (χ2v) is 4.11. The Balaban J connectivity index is 2.52. The highest BCUT2D eigenvalue weighted by molar-refractivity contribution is 7.13. The van der Waals surface area contributed by atoms with E-state index in [0.29, 0.717) is 18.2 Å². The van der Waals surface area contributed by atoms with Crippen molar-refractivity contribution in [2.24, 2.45) is 0 Å². The Morgan fingerprint density at radius 2 is 2.29 bits per heavy atom. The van der Waals surface area contributed by atoms with E-state index in [2.05, 4.69) is 10.3 Å².